The smallest absolute Gasteiger partial charge is 0.357 e. The Balaban J connectivity index is 2.03. The topological polar surface area (TPSA) is 81.1 Å². The molecule has 0 aromatic carbocycles. The van der Waals surface area contributed by atoms with Gasteiger partial charge in [-0.3, -0.25) is 4.57 Å². The fraction of sp³-hybridized carbons (Fsp3) is 0.364. The third kappa shape index (κ3) is 1.61. The maximum absolute atomic E-state index is 10.7. The molecule has 2 aromatic heterocycles. The van der Waals surface area contributed by atoms with E-state index in [1.165, 1.54) is 0 Å². The zero-order valence-corrected chi connectivity index (χ0v) is 9.09. The number of aromatic nitrogens is 3. The molecular formula is C11H11N3O3. The normalized spacial score (nSPS) is 14.6. The summed E-state index contributed by atoms with van der Waals surface area (Å²) in [4.78, 5) is 18.9. The molecule has 0 atom stereocenters. The monoisotopic (exact) mass is 233 g/mol. The van der Waals surface area contributed by atoms with E-state index < -0.39 is 5.97 Å². The molecule has 0 aliphatic heterocycles. The number of oxazole rings is 1. The molecule has 0 saturated carbocycles. The molecule has 17 heavy (non-hydrogen) atoms. The predicted molar refractivity (Wildman–Crippen MR) is 57.2 cm³/mol. The second kappa shape index (κ2) is 3.73. The molecule has 0 radical (unpaired) electrons. The van der Waals surface area contributed by atoms with Crippen molar-refractivity contribution >= 4 is 5.97 Å². The summed E-state index contributed by atoms with van der Waals surface area (Å²) >= 11 is 0. The lowest BCUT2D eigenvalue weighted by Gasteiger charge is -2.11. The van der Waals surface area contributed by atoms with E-state index in [-0.39, 0.29) is 11.7 Å². The third-order valence-corrected chi connectivity index (χ3v) is 2.95. The van der Waals surface area contributed by atoms with Gasteiger partial charge in [-0.1, -0.05) is 0 Å². The van der Waals surface area contributed by atoms with Gasteiger partial charge < -0.3 is 9.52 Å². The molecule has 6 heteroatoms. The number of carbonyl (C=O) groups is 1. The number of aromatic carboxylic acids is 1. The average molecular weight is 233 g/mol. The van der Waals surface area contributed by atoms with Crippen LogP contribution in [0.25, 0.3) is 6.01 Å². The number of fused-ring (bicyclic) bond motifs is 1. The molecular weight excluding hydrogens is 222 g/mol. The van der Waals surface area contributed by atoms with Crippen molar-refractivity contribution in [2.75, 3.05) is 0 Å². The van der Waals surface area contributed by atoms with Gasteiger partial charge in [-0.25, -0.2) is 9.78 Å². The summed E-state index contributed by atoms with van der Waals surface area (Å²) in [7, 11) is 0. The number of hydrogen-bond donors (Lipinski definition) is 1. The fourth-order valence-electron chi connectivity index (χ4n) is 2.11. The number of nitrogens with zero attached hydrogens (tertiary/aromatic N) is 3. The van der Waals surface area contributed by atoms with Gasteiger partial charge in [-0.2, -0.15) is 4.98 Å². The van der Waals surface area contributed by atoms with Crippen LogP contribution >= 0.6 is 0 Å². The highest BCUT2D eigenvalue weighted by Crippen LogP contribution is 2.22. The van der Waals surface area contributed by atoms with Crippen molar-refractivity contribution in [1.82, 2.24) is 14.5 Å². The molecule has 0 fully saturated rings. The molecule has 1 aliphatic carbocycles. The Morgan fingerprint density at radius 2 is 2.24 bits per heavy atom. The maximum Gasteiger partial charge on any atom is 0.357 e. The molecule has 0 unspecified atom stereocenters. The summed E-state index contributed by atoms with van der Waals surface area (Å²) < 4.78 is 6.90. The van der Waals surface area contributed by atoms with E-state index in [0.717, 1.165) is 43.3 Å². The van der Waals surface area contributed by atoms with Crippen LogP contribution in [0, 0.1) is 0 Å². The van der Waals surface area contributed by atoms with Gasteiger partial charge in [-0.05, 0) is 25.7 Å². The molecule has 0 spiro atoms. The minimum absolute atomic E-state index is 0.0849. The summed E-state index contributed by atoms with van der Waals surface area (Å²) in [5.74, 6) is -1.09. The van der Waals surface area contributed by atoms with Crippen molar-refractivity contribution in [2.45, 2.75) is 25.7 Å². The Hall–Kier alpha value is -2.11. The Bertz CT molecular complexity index is 570. The molecule has 0 saturated heterocycles. The standard InChI is InChI=1S/C11H11N3O3/c15-10(16)8-5-17-11(13-8)14-6-12-7-3-1-2-4-9(7)14/h5-6H,1-4H2,(H,15,16). The molecule has 1 N–H and O–H groups in total. The highest BCUT2D eigenvalue weighted by molar-refractivity contribution is 5.84. The molecule has 6 nitrogen and oxygen atoms in total. The quantitative estimate of drug-likeness (QED) is 0.848. The zero-order chi connectivity index (χ0) is 11.8. The first-order valence-electron chi connectivity index (χ1n) is 5.50. The van der Waals surface area contributed by atoms with Crippen molar-refractivity contribution in [2.24, 2.45) is 0 Å². The van der Waals surface area contributed by atoms with E-state index in [1.807, 2.05) is 0 Å². The number of carboxylic acid groups (broad SMARTS) is 1. The summed E-state index contributed by atoms with van der Waals surface area (Å²) in [5, 5.41) is 8.79. The van der Waals surface area contributed by atoms with Crippen LogP contribution in [0.5, 0.6) is 0 Å². The van der Waals surface area contributed by atoms with Gasteiger partial charge in [0.05, 0.1) is 11.4 Å². The van der Waals surface area contributed by atoms with Crippen LogP contribution in [0.2, 0.25) is 0 Å². The van der Waals surface area contributed by atoms with Crippen LogP contribution in [-0.2, 0) is 12.8 Å². The van der Waals surface area contributed by atoms with Gasteiger partial charge in [0.2, 0.25) is 0 Å². The van der Waals surface area contributed by atoms with Crippen LogP contribution in [0.3, 0.4) is 0 Å². The lowest BCUT2D eigenvalue weighted by Crippen LogP contribution is -2.07. The van der Waals surface area contributed by atoms with Crippen molar-refractivity contribution < 1.29 is 14.3 Å². The van der Waals surface area contributed by atoms with E-state index in [2.05, 4.69) is 9.97 Å². The van der Waals surface area contributed by atoms with Gasteiger partial charge >= 0.3 is 12.0 Å². The SMILES string of the molecule is O=C(O)c1coc(-n2cnc3c2CCCC3)n1. The van der Waals surface area contributed by atoms with E-state index in [9.17, 15) is 4.79 Å². The first-order chi connectivity index (χ1) is 8.25. The van der Waals surface area contributed by atoms with E-state index in [0.29, 0.717) is 0 Å². The van der Waals surface area contributed by atoms with Crippen LogP contribution in [0.4, 0.5) is 0 Å². The van der Waals surface area contributed by atoms with Crippen molar-refractivity contribution in [3.8, 4) is 6.01 Å². The Kier molecular flexibility index (Phi) is 2.21. The predicted octanol–water partition coefficient (Wildman–Crippen LogP) is 1.44. The largest absolute Gasteiger partial charge is 0.476 e. The summed E-state index contributed by atoms with van der Waals surface area (Å²) in [6.45, 7) is 0. The first-order valence-corrected chi connectivity index (χ1v) is 5.50. The molecule has 3 rings (SSSR count). The number of rotatable bonds is 2. The maximum atomic E-state index is 10.7. The highest BCUT2D eigenvalue weighted by atomic mass is 16.4. The van der Waals surface area contributed by atoms with E-state index in [1.54, 1.807) is 10.9 Å². The second-order valence-electron chi connectivity index (χ2n) is 4.04. The second-order valence-corrected chi connectivity index (χ2v) is 4.04. The van der Waals surface area contributed by atoms with Crippen LogP contribution in [-0.4, -0.2) is 25.6 Å². The van der Waals surface area contributed by atoms with Crippen molar-refractivity contribution in [3.63, 3.8) is 0 Å². The molecule has 1 aliphatic rings. The first kappa shape index (κ1) is 10.1. The van der Waals surface area contributed by atoms with Crippen LogP contribution in [0.1, 0.15) is 34.7 Å². The summed E-state index contributed by atoms with van der Waals surface area (Å²) in [6, 6.07) is 0.276. The third-order valence-electron chi connectivity index (χ3n) is 2.95. The van der Waals surface area contributed by atoms with Gasteiger partial charge in [0, 0.05) is 0 Å². The zero-order valence-electron chi connectivity index (χ0n) is 9.09. The van der Waals surface area contributed by atoms with Crippen molar-refractivity contribution in [3.05, 3.63) is 29.7 Å². The van der Waals surface area contributed by atoms with Crippen molar-refractivity contribution in [1.29, 1.82) is 0 Å². The molecule has 0 bridgehead atoms. The van der Waals surface area contributed by atoms with E-state index in [4.69, 9.17) is 9.52 Å². The fourth-order valence-corrected chi connectivity index (χ4v) is 2.11. The Labute approximate surface area is 96.9 Å². The molecule has 0 amide bonds. The van der Waals surface area contributed by atoms with Gasteiger partial charge in [0.1, 0.15) is 12.6 Å². The Morgan fingerprint density at radius 3 is 3.00 bits per heavy atom. The highest BCUT2D eigenvalue weighted by Gasteiger charge is 2.19. The number of aryl methyl sites for hydroxylation is 1. The number of carboxylic acids is 1. The minimum Gasteiger partial charge on any atom is -0.476 e. The summed E-state index contributed by atoms with van der Waals surface area (Å²) in [5.41, 5.74) is 2.06. The summed E-state index contributed by atoms with van der Waals surface area (Å²) in [6.07, 6.45) is 6.95. The van der Waals surface area contributed by atoms with Gasteiger partial charge in [0.15, 0.2) is 5.69 Å². The van der Waals surface area contributed by atoms with Crippen LogP contribution < -0.4 is 0 Å². The lowest BCUT2D eigenvalue weighted by atomic mass is 10.0. The van der Waals surface area contributed by atoms with E-state index >= 15 is 0 Å². The Morgan fingerprint density at radius 1 is 1.41 bits per heavy atom. The number of imidazole rings is 1. The average Bonchev–Trinajstić information content (AvgIpc) is 2.95. The molecule has 88 valence electrons. The molecule has 2 aromatic rings. The van der Waals surface area contributed by atoms with Gasteiger partial charge in [-0.15, -0.1) is 0 Å². The lowest BCUT2D eigenvalue weighted by molar-refractivity contribution is 0.0690. The van der Waals surface area contributed by atoms with Crippen LogP contribution in [0.15, 0.2) is 17.0 Å². The minimum atomic E-state index is -1.09. The molecule has 2 heterocycles. The number of hydrogen-bond acceptors (Lipinski definition) is 4. The van der Waals surface area contributed by atoms with Gasteiger partial charge in [0.25, 0.3) is 0 Å².